The average molecular weight is 314 g/mol. The van der Waals surface area contributed by atoms with E-state index in [4.69, 9.17) is 14.9 Å². The van der Waals surface area contributed by atoms with Crippen molar-refractivity contribution in [3.63, 3.8) is 0 Å². The highest BCUT2D eigenvalue weighted by molar-refractivity contribution is 9.10. The molecule has 100 valence electrons. The molecule has 2 unspecified atom stereocenters. The third-order valence-corrected chi connectivity index (χ3v) is 4.90. The Morgan fingerprint density at radius 2 is 2.11 bits per heavy atom. The second-order valence-electron chi connectivity index (χ2n) is 5.66. The lowest BCUT2D eigenvalue weighted by Crippen LogP contribution is -2.40. The van der Waals surface area contributed by atoms with Crippen LogP contribution in [0.2, 0.25) is 0 Å². The molecule has 1 saturated carbocycles. The van der Waals surface area contributed by atoms with Crippen LogP contribution in [-0.4, -0.2) is 12.2 Å². The Morgan fingerprint density at radius 3 is 2.78 bits per heavy atom. The molecule has 1 aliphatic heterocycles. The third-order valence-electron chi connectivity index (χ3n) is 4.48. The second-order valence-corrected chi connectivity index (χ2v) is 6.44. The van der Waals surface area contributed by atoms with Crippen molar-refractivity contribution in [1.29, 1.82) is 0 Å². The largest absolute Gasteiger partial charge is 0.453 e. The summed E-state index contributed by atoms with van der Waals surface area (Å²) < 4.78 is 12.4. The highest BCUT2D eigenvalue weighted by Gasteiger charge is 2.42. The van der Waals surface area contributed by atoms with E-state index in [0.717, 1.165) is 29.9 Å². The van der Waals surface area contributed by atoms with Gasteiger partial charge in [0.2, 0.25) is 0 Å². The number of halogens is 1. The molecule has 4 heteroatoms. The van der Waals surface area contributed by atoms with Crippen LogP contribution in [-0.2, 0) is 4.74 Å². The van der Waals surface area contributed by atoms with Gasteiger partial charge in [-0.15, -0.1) is 0 Å². The second kappa shape index (κ2) is 4.99. The summed E-state index contributed by atoms with van der Waals surface area (Å²) in [5, 5.41) is 0. The van der Waals surface area contributed by atoms with Crippen molar-refractivity contribution in [3.8, 4) is 0 Å². The van der Waals surface area contributed by atoms with E-state index in [-0.39, 0.29) is 11.6 Å². The monoisotopic (exact) mass is 313 g/mol. The Morgan fingerprint density at radius 1 is 1.33 bits per heavy atom. The normalized spacial score (nSPS) is 28.7. The first-order valence-corrected chi connectivity index (χ1v) is 7.63. The molecule has 1 aromatic heterocycles. The minimum Gasteiger partial charge on any atom is -0.453 e. The maximum Gasteiger partial charge on any atom is 0.169 e. The summed E-state index contributed by atoms with van der Waals surface area (Å²) in [6.45, 7) is 0.847. The van der Waals surface area contributed by atoms with Gasteiger partial charge in [0.15, 0.2) is 4.67 Å². The van der Waals surface area contributed by atoms with Crippen LogP contribution in [0.4, 0.5) is 0 Å². The van der Waals surface area contributed by atoms with Gasteiger partial charge in [0.25, 0.3) is 0 Å². The molecule has 18 heavy (non-hydrogen) atoms. The summed E-state index contributed by atoms with van der Waals surface area (Å²) in [4.78, 5) is 0. The van der Waals surface area contributed by atoms with Gasteiger partial charge in [-0.1, -0.05) is 12.8 Å². The van der Waals surface area contributed by atoms with Gasteiger partial charge in [-0.05, 0) is 59.7 Å². The molecule has 2 aliphatic rings. The molecule has 0 amide bonds. The van der Waals surface area contributed by atoms with Gasteiger partial charge in [-0.25, -0.2) is 0 Å². The van der Waals surface area contributed by atoms with E-state index in [1.54, 1.807) is 0 Å². The Bertz CT molecular complexity index is 412. The zero-order valence-corrected chi connectivity index (χ0v) is 12.1. The first kappa shape index (κ1) is 12.7. The number of ether oxygens (including phenoxy) is 1. The molecule has 2 atom stereocenters. The van der Waals surface area contributed by atoms with Crippen molar-refractivity contribution < 1.29 is 9.15 Å². The smallest absolute Gasteiger partial charge is 0.169 e. The van der Waals surface area contributed by atoms with Crippen LogP contribution in [0.15, 0.2) is 21.2 Å². The number of furan rings is 1. The summed E-state index contributed by atoms with van der Waals surface area (Å²) >= 11 is 3.34. The summed E-state index contributed by atoms with van der Waals surface area (Å²) in [6, 6.07) is 3.89. The molecular formula is C14H20BrNO2. The van der Waals surface area contributed by atoms with E-state index in [2.05, 4.69) is 15.9 Å². The van der Waals surface area contributed by atoms with Crippen molar-refractivity contribution >= 4 is 15.9 Å². The molecule has 1 spiro atoms. The summed E-state index contributed by atoms with van der Waals surface area (Å²) in [5.74, 6) is 1.37. The molecule has 0 bridgehead atoms. The van der Waals surface area contributed by atoms with Crippen LogP contribution < -0.4 is 5.73 Å². The van der Waals surface area contributed by atoms with Crippen molar-refractivity contribution in [3.05, 3.63) is 22.6 Å². The molecule has 2 N–H and O–H groups in total. The SMILES string of the molecule is NC(c1ccc(Br)o1)C1CCOC2(CCCC2)C1. The maximum absolute atomic E-state index is 6.36. The van der Waals surface area contributed by atoms with Crippen molar-refractivity contribution in [2.24, 2.45) is 11.7 Å². The molecule has 0 radical (unpaired) electrons. The number of hydrogen-bond donors (Lipinski definition) is 1. The van der Waals surface area contributed by atoms with Crippen LogP contribution in [0.5, 0.6) is 0 Å². The molecule has 2 heterocycles. The highest BCUT2D eigenvalue weighted by Crippen LogP contribution is 2.45. The predicted molar refractivity (Wildman–Crippen MR) is 73.2 cm³/mol. The maximum atomic E-state index is 6.36. The number of rotatable bonds is 2. The quantitative estimate of drug-likeness (QED) is 0.903. The van der Waals surface area contributed by atoms with Gasteiger partial charge < -0.3 is 14.9 Å². The van der Waals surface area contributed by atoms with Gasteiger partial charge in [0.05, 0.1) is 11.6 Å². The van der Waals surface area contributed by atoms with E-state index < -0.39 is 0 Å². The van der Waals surface area contributed by atoms with Crippen LogP contribution in [0.1, 0.15) is 50.3 Å². The van der Waals surface area contributed by atoms with E-state index in [0.29, 0.717) is 5.92 Å². The van der Waals surface area contributed by atoms with Gasteiger partial charge in [-0.3, -0.25) is 0 Å². The van der Waals surface area contributed by atoms with Crippen LogP contribution in [0.25, 0.3) is 0 Å². The van der Waals surface area contributed by atoms with Crippen molar-refractivity contribution in [2.75, 3.05) is 6.61 Å². The Balaban J connectivity index is 1.72. The zero-order valence-electron chi connectivity index (χ0n) is 10.5. The van der Waals surface area contributed by atoms with Gasteiger partial charge in [0, 0.05) is 6.61 Å². The highest BCUT2D eigenvalue weighted by atomic mass is 79.9. The molecule has 1 aromatic rings. The summed E-state index contributed by atoms with van der Waals surface area (Å²) in [5.41, 5.74) is 6.49. The molecule has 3 nitrogen and oxygen atoms in total. The van der Waals surface area contributed by atoms with Gasteiger partial charge >= 0.3 is 0 Å². The predicted octanol–water partition coefficient (Wildman–Crippen LogP) is 3.78. The Labute approximate surface area is 116 Å². The lowest BCUT2D eigenvalue weighted by Gasteiger charge is -2.40. The molecular weight excluding hydrogens is 294 g/mol. The Hall–Kier alpha value is -0.320. The molecule has 2 fully saturated rings. The molecule has 0 aromatic carbocycles. The van der Waals surface area contributed by atoms with Gasteiger partial charge in [-0.2, -0.15) is 0 Å². The minimum absolute atomic E-state index is 0.00215. The topological polar surface area (TPSA) is 48.4 Å². The Kier molecular flexibility index (Phi) is 3.52. The number of nitrogens with two attached hydrogens (primary N) is 1. The summed E-state index contributed by atoms with van der Waals surface area (Å²) in [7, 11) is 0. The fraction of sp³-hybridized carbons (Fsp3) is 0.714. The van der Waals surface area contributed by atoms with E-state index in [9.17, 15) is 0 Å². The van der Waals surface area contributed by atoms with Gasteiger partial charge in [0.1, 0.15) is 5.76 Å². The van der Waals surface area contributed by atoms with Crippen LogP contribution in [0.3, 0.4) is 0 Å². The molecule has 1 aliphatic carbocycles. The lowest BCUT2D eigenvalue weighted by molar-refractivity contribution is -0.0971. The molecule has 1 saturated heterocycles. The van der Waals surface area contributed by atoms with E-state index in [1.165, 1.54) is 25.7 Å². The fourth-order valence-electron chi connectivity index (χ4n) is 3.48. The average Bonchev–Trinajstić information content (AvgIpc) is 2.98. The van der Waals surface area contributed by atoms with Crippen molar-refractivity contribution in [2.45, 2.75) is 50.2 Å². The third kappa shape index (κ3) is 2.38. The molecule has 3 rings (SSSR count). The van der Waals surface area contributed by atoms with Crippen LogP contribution in [0, 0.1) is 5.92 Å². The number of hydrogen-bond acceptors (Lipinski definition) is 3. The first-order valence-electron chi connectivity index (χ1n) is 6.83. The zero-order chi connectivity index (χ0) is 12.6. The fourth-order valence-corrected chi connectivity index (χ4v) is 3.80. The van der Waals surface area contributed by atoms with Crippen LogP contribution >= 0.6 is 15.9 Å². The minimum atomic E-state index is -0.00215. The first-order chi connectivity index (χ1) is 8.69. The van der Waals surface area contributed by atoms with E-state index in [1.807, 2.05) is 12.1 Å². The van der Waals surface area contributed by atoms with Crippen molar-refractivity contribution in [1.82, 2.24) is 0 Å². The summed E-state index contributed by atoms with van der Waals surface area (Å²) in [6.07, 6.45) is 7.15. The van der Waals surface area contributed by atoms with E-state index >= 15 is 0 Å². The standard InChI is InChI=1S/C14H20BrNO2/c15-12-4-3-11(18-12)13(16)10-5-8-17-14(9-10)6-1-2-7-14/h3-4,10,13H,1-2,5-9,16H2. The lowest BCUT2D eigenvalue weighted by atomic mass is 9.80.